The monoisotopic (exact) mass is 433 g/mol. The maximum Gasteiger partial charge on any atom is 0.279 e. The average molecular weight is 434 g/mol. The first-order chi connectivity index (χ1) is 13.4. The van der Waals surface area contributed by atoms with E-state index in [2.05, 4.69) is 10.3 Å². The van der Waals surface area contributed by atoms with Gasteiger partial charge in [0.25, 0.3) is 5.91 Å². The molecule has 0 radical (unpaired) electrons. The van der Waals surface area contributed by atoms with E-state index in [9.17, 15) is 9.59 Å². The number of carbonyl (C=O) groups excluding carboxylic acids is 2. The Kier molecular flexibility index (Phi) is 6.67. The number of hydrogen-bond donors (Lipinski definition) is 1. The zero-order valence-electron chi connectivity index (χ0n) is 15.0. The molecule has 2 aromatic carbocycles. The zero-order chi connectivity index (χ0) is 20.1. The molecule has 0 bridgehead atoms. The van der Waals surface area contributed by atoms with E-state index in [1.54, 1.807) is 36.4 Å². The van der Waals surface area contributed by atoms with Crippen molar-refractivity contribution in [1.29, 1.82) is 0 Å². The molecule has 5 nitrogen and oxygen atoms in total. The van der Waals surface area contributed by atoms with Crippen molar-refractivity contribution >= 4 is 46.4 Å². The number of nitrogens with one attached hydrogen (secondary N) is 1. The van der Waals surface area contributed by atoms with Gasteiger partial charge in [0.15, 0.2) is 4.80 Å². The van der Waals surface area contributed by atoms with Crippen LogP contribution in [0.5, 0.6) is 0 Å². The highest BCUT2D eigenvalue weighted by atomic mass is 35.5. The van der Waals surface area contributed by atoms with E-state index in [4.69, 9.17) is 23.2 Å². The molecule has 3 rings (SSSR count). The molecule has 3 aromatic rings. The number of carbonyl (C=O) groups is 2. The fourth-order valence-corrected chi connectivity index (χ4v) is 3.68. The molecule has 1 heterocycles. The Hall–Kier alpha value is -2.41. The molecule has 0 spiro atoms. The molecule has 0 saturated carbocycles. The largest absolute Gasteiger partial charge is 0.352 e. The summed E-state index contributed by atoms with van der Waals surface area (Å²) in [6, 6.07) is 12.3. The molecule has 0 atom stereocenters. The van der Waals surface area contributed by atoms with Gasteiger partial charge in [-0.05, 0) is 35.4 Å². The minimum absolute atomic E-state index is 0.0989. The summed E-state index contributed by atoms with van der Waals surface area (Å²) >= 11 is 13.6. The van der Waals surface area contributed by atoms with Crippen LogP contribution in [0.3, 0.4) is 0 Å². The van der Waals surface area contributed by atoms with Crippen LogP contribution >= 0.6 is 34.5 Å². The summed E-state index contributed by atoms with van der Waals surface area (Å²) in [4.78, 5) is 28.3. The van der Waals surface area contributed by atoms with Crippen molar-refractivity contribution < 1.29 is 9.59 Å². The van der Waals surface area contributed by atoms with E-state index in [1.807, 2.05) is 22.2 Å². The highest BCUT2D eigenvalue weighted by molar-refractivity contribution is 7.07. The van der Waals surface area contributed by atoms with E-state index in [-0.39, 0.29) is 11.8 Å². The molecule has 144 valence electrons. The maximum absolute atomic E-state index is 12.5. The van der Waals surface area contributed by atoms with Gasteiger partial charge < -0.3 is 9.88 Å². The molecule has 0 fully saturated rings. The van der Waals surface area contributed by atoms with E-state index in [0.717, 1.165) is 11.1 Å². The third-order valence-electron chi connectivity index (χ3n) is 3.96. The molecule has 8 heteroatoms. The van der Waals surface area contributed by atoms with Crippen LogP contribution in [0.15, 0.2) is 59.0 Å². The van der Waals surface area contributed by atoms with Gasteiger partial charge in [0, 0.05) is 40.7 Å². The number of amides is 2. The summed E-state index contributed by atoms with van der Waals surface area (Å²) in [7, 11) is 0. The lowest BCUT2D eigenvalue weighted by atomic mass is 10.1. The Balaban J connectivity index is 1.78. The van der Waals surface area contributed by atoms with Crippen molar-refractivity contribution in [3.8, 4) is 0 Å². The number of thiazole rings is 1. The Morgan fingerprint density at radius 1 is 1.14 bits per heavy atom. The Morgan fingerprint density at radius 3 is 2.57 bits per heavy atom. The molecule has 0 aliphatic carbocycles. The van der Waals surface area contributed by atoms with Crippen LogP contribution in [0.25, 0.3) is 0 Å². The summed E-state index contributed by atoms with van der Waals surface area (Å²) in [5.41, 5.74) is 2.28. The second-order valence-electron chi connectivity index (χ2n) is 6.07. The molecule has 28 heavy (non-hydrogen) atoms. The van der Waals surface area contributed by atoms with Crippen LogP contribution in [-0.4, -0.2) is 16.4 Å². The summed E-state index contributed by atoms with van der Waals surface area (Å²) in [5.74, 6) is -0.428. The standard InChI is InChI=1S/C20H17Cl2N3O2S/c1-13(26)23-11-14-2-4-15(5-3-14)19(27)24-20-25(8-9-28-20)12-16-6-7-17(21)10-18(16)22/h2-10H,11-12H2,1H3,(H,23,26). The third kappa shape index (κ3) is 5.32. The van der Waals surface area contributed by atoms with Crippen LogP contribution in [0, 0.1) is 0 Å². The molecule has 0 unspecified atom stereocenters. The summed E-state index contributed by atoms with van der Waals surface area (Å²) in [5, 5.41) is 5.73. The molecule has 2 amide bonds. The lowest BCUT2D eigenvalue weighted by Gasteiger charge is -2.06. The van der Waals surface area contributed by atoms with Gasteiger partial charge in [-0.2, -0.15) is 4.99 Å². The summed E-state index contributed by atoms with van der Waals surface area (Å²) in [6.07, 6.45) is 1.86. The number of rotatable bonds is 5. The van der Waals surface area contributed by atoms with Gasteiger partial charge in [-0.3, -0.25) is 9.59 Å². The number of aromatic nitrogens is 1. The number of nitrogens with zero attached hydrogens (tertiary/aromatic N) is 2. The van der Waals surface area contributed by atoms with Crippen LogP contribution in [0.2, 0.25) is 10.0 Å². The van der Waals surface area contributed by atoms with Crippen LogP contribution in [0.4, 0.5) is 0 Å². The fraction of sp³-hybridized carbons (Fsp3) is 0.150. The van der Waals surface area contributed by atoms with Crippen LogP contribution in [0.1, 0.15) is 28.4 Å². The molecule has 0 saturated heterocycles. The molecule has 1 aromatic heterocycles. The number of halogens is 2. The smallest absolute Gasteiger partial charge is 0.279 e. The minimum Gasteiger partial charge on any atom is -0.352 e. The topological polar surface area (TPSA) is 63.5 Å². The average Bonchev–Trinajstić information content (AvgIpc) is 3.09. The maximum atomic E-state index is 12.5. The van der Waals surface area contributed by atoms with Crippen molar-refractivity contribution in [1.82, 2.24) is 9.88 Å². The van der Waals surface area contributed by atoms with Gasteiger partial charge in [-0.25, -0.2) is 0 Å². The minimum atomic E-state index is -0.329. The predicted octanol–water partition coefficient (Wildman–Crippen LogP) is 4.28. The zero-order valence-corrected chi connectivity index (χ0v) is 17.3. The molecule has 1 N–H and O–H groups in total. The van der Waals surface area contributed by atoms with Crippen molar-refractivity contribution in [3.05, 3.63) is 85.6 Å². The number of benzene rings is 2. The van der Waals surface area contributed by atoms with Crippen molar-refractivity contribution in [2.75, 3.05) is 0 Å². The first-order valence-corrected chi connectivity index (χ1v) is 10.1. The van der Waals surface area contributed by atoms with Crippen LogP contribution in [-0.2, 0) is 17.9 Å². The van der Waals surface area contributed by atoms with Crippen molar-refractivity contribution in [2.45, 2.75) is 20.0 Å². The highest BCUT2D eigenvalue weighted by Gasteiger charge is 2.07. The quantitative estimate of drug-likeness (QED) is 0.652. The highest BCUT2D eigenvalue weighted by Crippen LogP contribution is 2.21. The molecular formula is C20H17Cl2N3O2S. The van der Waals surface area contributed by atoms with Gasteiger partial charge in [0.1, 0.15) is 0 Å². The van der Waals surface area contributed by atoms with Crippen molar-refractivity contribution in [2.24, 2.45) is 4.99 Å². The van der Waals surface area contributed by atoms with Crippen LogP contribution < -0.4 is 10.1 Å². The second-order valence-corrected chi connectivity index (χ2v) is 7.79. The fourth-order valence-electron chi connectivity index (χ4n) is 2.48. The van der Waals surface area contributed by atoms with Gasteiger partial charge in [0.05, 0.1) is 6.54 Å². The number of hydrogen-bond acceptors (Lipinski definition) is 3. The lowest BCUT2D eigenvalue weighted by Crippen LogP contribution is -2.19. The van der Waals surface area contributed by atoms with Gasteiger partial charge in [-0.1, -0.05) is 41.4 Å². The van der Waals surface area contributed by atoms with E-state index >= 15 is 0 Å². The molecular weight excluding hydrogens is 417 g/mol. The van der Waals surface area contributed by atoms with Crippen molar-refractivity contribution in [3.63, 3.8) is 0 Å². The predicted molar refractivity (Wildman–Crippen MR) is 112 cm³/mol. The molecule has 0 aliphatic rings. The lowest BCUT2D eigenvalue weighted by molar-refractivity contribution is -0.119. The summed E-state index contributed by atoms with van der Waals surface area (Å²) < 4.78 is 1.86. The third-order valence-corrected chi connectivity index (χ3v) is 5.34. The second kappa shape index (κ2) is 9.19. The summed E-state index contributed by atoms with van der Waals surface area (Å²) in [6.45, 7) is 2.37. The van der Waals surface area contributed by atoms with E-state index < -0.39 is 0 Å². The Morgan fingerprint density at radius 2 is 1.89 bits per heavy atom. The normalized spacial score (nSPS) is 11.5. The van der Waals surface area contributed by atoms with Gasteiger partial charge in [0.2, 0.25) is 5.91 Å². The van der Waals surface area contributed by atoms with Gasteiger partial charge >= 0.3 is 0 Å². The van der Waals surface area contributed by atoms with E-state index in [1.165, 1.54) is 18.3 Å². The first kappa shape index (κ1) is 20.3. The van der Waals surface area contributed by atoms with Gasteiger partial charge in [-0.15, -0.1) is 11.3 Å². The first-order valence-electron chi connectivity index (χ1n) is 8.42. The molecule has 0 aliphatic heterocycles. The Bertz CT molecular complexity index is 1070. The Labute approximate surface area is 176 Å². The SMILES string of the molecule is CC(=O)NCc1ccc(C(=O)N=c2sccn2Cc2ccc(Cl)cc2Cl)cc1. The van der Waals surface area contributed by atoms with E-state index in [0.29, 0.717) is 33.5 Å².